The van der Waals surface area contributed by atoms with Crippen molar-refractivity contribution in [2.24, 2.45) is 0 Å². The van der Waals surface area contributed by atoms with Crippen molar-refractivity contribution in [1.29, 1.82) is 0 Å². The summed E-state index contributed by atoms with van der Waals surface area (Å²) < 4.78 is 21.9. The molecular formula is C4H4F2. The average Bonchev–Trinajstić information content (AvgIpc) is 1.35. The fraction of sp³-hybridized carbons (Fsp3) is 0. The van der Waals surface area contributed by atoms with Gasteiger partial charge in [-0.25, -0.2) is 8.78 Å². The van der Waals surface area contributed by atoms with E-state index in [4.69, 9.17) is 0 Å². The second-order valence-electron chi connectivity index (χ2n) is 0.740. The lowest BCUT2D eigenvalue weighted by atomic mass is 10.6. The molecule has 0 saturated heterocycles. The van der Waals surface area contributed by atoms with Crippen LogP contribution in [-0.4, -0.2) is 0 Å². The Labute approximate surface area is 34.8 Å². The van der Waals surface area contributed by atoms with E-state index < -0.39 is 5.83 Å². The molecule has 0 aliphatic rings. The smallest absolute Gasteiger partial charge is 0.118 e. The van der Waals surface area contributed by atoms with E-state index in [9.17, 15) is 8.78 Å². The third kappa shape index (κ3) is 3.34. The molecule has 34 valence electrons. The Morgan fingerprint density at radius 2 is 2.17 bits per heavy atom. The molecule has 0 atom stereocenters. The highest BCUT2D eigenvalue weighted by molar-refractivity contribution is 5.01. The number of hydrogen-bond donors (Lipinski definition) is 0. The van der Waals surface area contributed by atoms with Gasteiger partial charge in [0, 0.05) is 6.08 Å². The van der Waals surface area contributed by atoms with E-state index in [-0.39, 0.29) is 6.33 Å². The van der Waals surface area contributed by atoms with E-state index >= 15 is 0 Å². The molecule has 0 saturated carbocycles. The van der Waals surface area contributed by atoms with Gasteiger partial charge >= 0.3 is 0 Å². The van der Waals surface area contributed by atoms with Crippen molar-refractivity contribution in [1.82, 2.24) is 0 Å². The van der Waals surface area contributed by atoms with Crippen LogP contribution in [0.1, 0.15) is 0 Å². The molecule has 0 amide bonds. The first-order chi connectivity index (χ1) is 2.77. The zero-order valence-electron chi connectivity index (χ0n) is 3.12. The zero-order valence-corrected chi connectivity index (χ0v) is 3.12. The van der Waals surface area contributed by atoms with Crippen LogP contribution in [0.25, 0.3) is 0 Å². The number of hydrogen-bond acceptors (Lipinski definition) is 0. The van der Waals surface area contributed by atoms with Crippen LogP contribution in [0, 0.1) is 0 Å². The maximum absolute atomic E-state index is 11.2. The van der Waals surface area contributed by atoms with Gasteiger partial charge in [0.1, 0.15) is 5.83 Å². The molecule has 0 heterocycles. The molecule has 0 aliphatic carbocycles. The maximum Gasteiger partial charge on any atom is 0.118 e. The summed E-state index contributed by atoms with van der Waals surface area (Å²) in [6, 6.07) is 0. The van der Waals surface area contributed by atoms with E-state index in [0.717, 1.165) is 0 Å². The van der Waals surface area contributed by atoms with Crippen LogP contribution in [0.5, 0.6) is 0 Å². The number of allylic oxidation sites excluding steroid dienone is 2. The standard InChI is InChI=1S/C4H4F2/c1-4(6)2-3-5/h2-3H,1H2. The van der Waals surface area contributed by atoms with E-state index in [1.54, 1.807) is 0 Å². The van der Waals surface area contributed by atoms with Crippen molar-refractivity contribution in [2.75, 3.05) is 0 Å². The molecule has 2 heteroatoms. The monoisotopic (exact) mass is 90.0 g/mol. The first-order valence-electron chi connectivity index (χ1n) is 1.38. The SMILES string of the molecule is C=C(F)C=CF. The van der Waals surface area contributed by atoms with Crippen molar-refractivity contribution in [2.45, 2.75) is 0 Å². The molecule has 0 bridgehead atoms. The van der Waals surface area contributed by atoms with Crippen LogP contribution in [0.2, 0.25) is 0 Å². The summed E-state index contributed by atoms with van der Waals surface area (Å²) >= 11 is 0. The van der Waals surface area contributed by atoms with Gasteiger partial charge in [-0.2, -0.15) is 0 Å². The molecular weight excluding hydrogens is 86.0 g/mol. The number of halogens is 2. The highest BCUT2D eigenvalue weighted by Crippen LogP contribution is 1.90. The third-order valence-corrected chi connectivity index (χ3v) is 0.244. The minimum atomic E-state index is -0.766. The van der Waals surface area contributed by atoms with Gasteiger partial charge in [0.25, 0.3) is 0 Å². The van der Waals surface area contributed by atoms with Gasteiger partial charge in [-0.05, 0) is 0 Å². The van der Waals surface area contributed by atoms with Crippen LogP contribution >= 0.6 is 0 Å². The Morgan fingerprint density at radius 1 is 1.67 bits per heavy atom. The fourth-order valence-electron chi connectivity index (χ4n) is 0.0684. The predicted octanol–water partition coefficient (Wildman–Crippen LogP) is 1.95. The van der Waals surface area contributed by atoms with Gasteiger partial charge in [-0.1, -0.05) is 6.58 Å². The summed E-state index contributed by atoms with van der Waals surface area (Å²) in [4.78, 5) is 0. The lowest BCUT2D eigenvalue weighted by Crippen LogP contribution is -1.50. The summed E-state index contributed by atoms with van der Waals surface area (Å²) in [5.74, 6) is -0.766. The summed E-state index contributed by atoms with van der Waals surface area (Å²) in [6.45, 7) is 2.75. The zero-order chi connectivity index (χ0) is 4.99. The maximum atomic E-state index is 11.2. The Kier molecular flexibility index (Phi) is 2.29. The summed E-state index contributed by atoms with van der Waals surface area (Å²) in [5, 5.41) is 0. The second kappa shape index (κ2) is 2.57. The van der Waals surface area contributed by atoms with Crippen molar-refractivity contribution >= 4 is 0 Å². The van der Waals surface area contributed by atoms with Crippen molar-refractivity contribution < 1.29 is 8.78 Å². The quantitative estimate of drug-likeness (QED) is 0.432. The largest absolute Gasteiger partial charge is 0.215 e. The minimum Gasteiger partial charge on any atom is -0.215 e. The lowest BCUT2D eigenvalue weighted by molar-refractivity contribution is 0.655. The van der Waals surface area contributed by atoms with Gasteiger partial charge in [0.05, 0.1) is 6.33 Å². The van der Waals surface area contributed by atoms with Gasteiger partial charge in [-0.15, -0.1) is 0 Å². The van der Waals surface area contributed by atoms with Crippen LogP contribution in [0.4, 0.5) is 8.78 Å². The molecule has 0 radical (unpaired) electrons. The molecule has 0 nitrogen and oxygen atoms in total. The van der Waals surface area contributed by atoms with E-state index in [0.29, 0.717) is 6.08 Å². The van der Waals surface area contributed by atoms with Gasteiger partial charge < -0.3 is 0 Å². The van der Waals surface area contributed by atoms with Crippen molar-refractivity contribution in [3.8, 4) is 0 Å². The summed E-state index contributed by atoms with van der Waals surface area (Å²) in [5.41, 5.74) is 0. The number of rotatable bonds is 1. The minimum absolute atomic E-state index is 0.0995. The van der Waals surface area contributed by atoms with Gasteiger partial charge in [0.2, 0.25) is 0 Å². The molecule has 0 unspecified atom stereocenters. The van der Waals surface area contributed by atoms with E-state index in [1.807, 2.05) is 0 Å². The molecule has 0 spiro atoms. The molecule has 0 aromatic heterocycles. The molecule has 0 aromatic carbocycles. The van der Waals surface area contributed by atoms with E-state index in [1.165, 1.54) is 0 Å². The highest BCUT2D eigenvalue weighted by atomic mass is 19.1. The molecule has 0 aromatic rings. The van der Waals surface area contributed by atoms with E-state index in [2.05, 4.69) is 6.58 Å². The average molecular weight is 90.1 g/mol. The topological polar surface area (TPSA) is 0 Å². The summed E-state index contributed by atoms with van der Waals surface area (Å²) in [7, 11) is 0. The van der Waals surface area contributed by atoms with Crippen LogP contribution < -0.4 is 0 Å². The highest BCUT2D eigenvalue weighted by Gasteiger charge is 1.72. The Hall–Kier alpha value is -0.660. The predicted molar refractivity (Wildman–Crippen MR) is 20.5 cm³/mol. The Morgan fingerprint density at radius 3 is 2.17 bits per heavy atom. The summed E-state index contributed by atoms with van der Waals surface area (Å²) in [6.07, 6.45) is 0.738. The normalized spacial score (nSPS) is 9.67. The van der Waals surface area contributed by atoms with Crippen molar-refractivity contribution in [3.05, 3.63) is 24.8 Å². The van der Waals surface area contributed by atoms with Crippen LogP contribution in [0.15, 0.2) is 24.8 Å². The first-order valence-corrected chi connectivity index (χ1v) is 1.38. The molecule has 0 N–H and O–H groups in total. The molecule has 0 fully saturated rings. The van der Waals surface area contributed by atoms with Gasteiger partial charge in [-0.3, -0.25) is 0 Å². The Balaban J connectivity index is 3.30. The second-order valence-corrected chi connectivity index (χ2v) is 0.740. The molecule has 0 rings (SSSR count). The van der Waals surface area contributed by atoms with Crippen LogP contribution in [0.3, 0.4) is 0 Å². The van der Waals surface area contributed by atoms with Crippen LogP contribution in [-0.2, 0) is 0 Å². The lowest BCUT2D eigenvalue weighted by Gasteiger charge is -1.68. The fourth-order valence-corrected chi connectivity index (χ4v) is 0.0684. The molecule has 6 heavy (non-hydrogen) atoms. The molecule has 0 aliphatic heterocycles. The Bertz CT molecular complexity index is 73.6. The third-order valence-electron chi connectivity index (χ3n) is 0.244. The first kappa shape index (κ1) is 5.34. The van der Waals surface area contributed by atoms with Gasteiger partial charge in [0.15, 0.2) is 0 Å². The van der Waals surface area contributed by atoms with Crippen molar-refractivity contribution in [3.63, 3.8) is 0 Å².